The number of aromatic nitrogens is 1. The predicted octanol–water partition coefficient (Wildman–Crippen LogP) is 2.38. The zero-order valence-electron chi connectivity index (χ0n) is 10.7. The average molecular weight is 277 g/mol. The molecule has 2 rings (SSSR count). The summed E-state index contributed by atoms with van der Waals surface area (Å²) in [5, 5.41) is 17.8. The van der Waals surface area contributed by atoms with E-state index in [1.54, 1.807) is 18.2 Å². The lowest BCUT2D eigenvalue weighted by atomic mass is 10.2. The fraction of sp³-hybridized carbons (Fsp3) is 0.231. The zero-order chi connectivity index (χ0) is 13.8. The molecule has 1 atom stereocenters. The molecule has 0 aliphatic rings. The quantitative estimate of drug-likeness (QED) is 0.802. The second-order valence-corrected chi connectivity index (χ2v) is 4.92. The summed E-state index contributed by atoms with van der Waals surface area (Å²) in [5.74, 6) is -0.406. The van der Waals surface area contributed by atoms with Gasteiger partial charge in [-0.3, -0.25) is 10.1 Å². The molecular formula is C13H15N3O2S. The Morgan fingerprint density at radius 1 is 1.42 bits per heavy atom. The number of hydrogen-bond acceptors (Lipinski definition) is 5. The van der Waals surface area contributed by atoms with Gasteiger partial charge in [0.15, 0.2) is 5.13 Å². The first-order valence-electron chi connectivity index (χ1n) is 5.84. The van der Waals surface area contributed by atoms with E-state index in [0.29, 0.717) is 5.13 Å². The number of hydrogen-bond donors (Lipinski definition) is 3. The van der Waals surface area contributed by atoms with Crippen molar-refractivity contribution in [1.82, 2.24) is 10.3 Å². The van der Waals surface area contributed by atoms with Crippen LogP contribution < -0.4 is 10.6 Å². The minimum atomic E-state index is -0.365. The first-order chi connectivity index (χ1) is 9.11. The molecule has 1 unspecified atom stereocenters. The highest BCUT2D eigenvalue weighted by Gasteiger charge is 2.13. The Kier molecular flexibility index (Phi) is 4.13. The predicted molar refractivity (Wildman–Crippen MR) is 75.6 cm³/mol. The number of aromatic hydroxyl groups is 1. The summed E-state index contributed by atoms with van der Waals surface area (Å²) in [6.07, 6.45) is 0. The molecule has 5 nitrogen and oxygen atoms in total. The van der Waals surface area contributed by atoms with Crippen molar-refractivity contribution >= 4 is 22.4 Å². The van der Waals surface area contributed by atoms with Gasteiger partial charge in [-0.1, -0.05) is 12.1 Å². The van der Waals surface area contributed by atoms with Gasteiger partial charge in [-0.05, 0) is 26.1 Å². The highest BCUT2D eigenvalue weighted by Crippen LogP contribution is 2.22. The van der Waals surface area contributed by atoms with Crippen molar-refractivity contribution < 1.29 is 9.90 Å². The number of nitrogens with one attached hydrogen (secondary N) is 2. The van der Waals surface area contributed by atoms with Crippen LogP contribution in [0.5, 0.6) is 5.75 Å². The first kappa shape index (κ1) is 13.5. The lowest BCUT2D eigenvalue weighted by molar-refractivity contribution is 0.102. The van der Waals surface area contributed by atoms with Gasteiger partial charge in [0.1, 0.15) is 5.75 Å². The average Bonchev–Trinajstić information content (AvgIpc) is 2.86. The van der Waals surface area contributed by atoms with Crippen LogP contribution in [-0.4, -0.2) is 23.0 Å². The van der Waals surface area contributed by atoms with Gasteiger partial charge in [0, 0.05) is 11.4 Å². The van der Waals surface area contributed by atoms with Crippen LogP contribution in [0.2, 0.25) is 0 Å². The Balaban J connectivity index is 2.11. The lowest BCUT2D eigenvalue weighted by Gasteiger charge is -2.05. The summed E-state index contributed by atoms with van der Waals surface area (Å²) in [6.45, 7) is 1.99. The number of benzene rings is 1. The normalized spacial score (nSPS) is 12.1. The maximum atomic E-state index is 12.0. The Bertz CT molecular complexity index is 583. The number of phenolic OH excluding ortho intramolecular Hbond substituents is 1. The van der Waals surface area contributed by atoms with Crippen molar-refractivity contribution in [3.8, 4) is 5.75 Å². The van der Waals surface area contributed by atoms with Crippen LogP contribution in [0.25, 0.3) is 0 Å². The summed E-state index contributed by atoms with van der Waals surface area (Å²) in [7, 11) is 1.85. The van der Waals surface area contributed by atoms with Crippen molar-refractivity contribution in [3.63, 3.8) is 0 Å². The van der Waals surface area contributed by atoms with E-state index in [-0.39, 0.29) is 23.3 Å². The maximum absolute atomic E-state index is 12.0. The fourth-order valence-electron chi connectivity index (χ4n) is 1.52. The lowest BCUT2D eigenvalue weighted by Crippen LogP contribution is -2.14. The Labute approximate surface area is 115 Å². The standard InChI is InChI=1S/C13H15N3O2S/c1-8(14-2)10-7-19-13(15-10)16-12(18)9-5-3-4-6-11(9)17/h3-8,14,17H,1-2H3,(H,15,16,18). The number of para-hydroxylation sites is 1. The molecule has 1 aromatic heterocycles. The Morgan fingerprint density at radius 3 is 2.84 bits per heavy atom. The third kappa shape index (κ3) is 3.10. The van der Waals surface area contributed by atoms with Gasteiger partial charge in [-0.25, -0.2) is 4.98 Å². The molecule has 2 aromatic rings. The Hall–Kier alpha value is -1.92. The van der Waals surface area contributed by atoms with Crippen molar-refractivity contribution in [1.29, 1.82) is 0 Å². The summed E-state index contributed by atoms with van der Waals surface area (Å²) in [6, 6.07) is 6.54. The van der Waals surface area contributed by atoms with Crippen molar-refractivity contribution in [2.24, 2.45) is 0 Å². The molecule has 0 saturated heterocycles. The highest BCUT2D eigenvalue weighted by atomic mass is 32.1. The highest BCUT2D eigenvalue weighted by molar-refractivity contribution is 7.14. The maximum Gasteiger partial charge on any atom is 0.261 e. The number of carbonyl (C=O) groups is 1. The Morgan fingerprint density at radius 2 is 2.16 bits per heavy atom. The number of thiazole rings is 1. The van der Waals surface area contributed by atoms with Crippen LogP contribution >= 0.6 is 11.3 Å². The molecule has 1 amide bonds. The van der Waals surface area contributed by atoms with Gasteiger partial charge in [0.25, 0.3) is 5.91 Å². The van der Waals surface area contributed by atoms with Crippen molar-refractivity contribution in [3.05, 3.63) is 40.9 Å². The molecule has 0 aliphatic carbocycles. The van der Waals surface area contributed by atoms with E-state index in [0.717, 1.165) is 5.69 Å². The molecule has 0 aliphatic heterocycles. The van der Waals surface area contributed by atoms with Crippen LogP contribution in [0.4, 0.5) is 5.13 Å². The summed E-state index contributed by atoms with van der Waals surface area (Å²) < 4.78 is 0. The molecule has 1 heterocycles. The SMILES string of the molecule is CNC(C)c1csc(NC(=O)c2ccccc2O)n1. The molecule has 19 heavy (non-hydrogen) atoms. The molecule has 0 saturated carbocycles. The molecule has 0 fully saturated rings. The monoisotopic (exact) mass is 277 g/mol. The van der Waals surface area contributed by atoms with Crippen LogP contribution in [0.3, 0.4) is 0 Å². The molecular weight excluding hydrogens is 262 g/mol. The molecule has 3 N–H and O–H groups in total. The number of nitrogens with zero attached hydrogens (tertiary/aromatic N) is 1. The number of amides is 1. The van der Waals surface area contributed by atoms with E-state index < -0.39 is 0 Å². The van der Waals surface area contributed by atoms with E-state index >= 15 is 0 Å². The van der Waals surface area contributed by atoms with Crippen LogP contribution in [-0.2, 0) is 0 Å². The van der Waals surface area contributed by atoms with E-state index in [2.05, 4.69) is 15.6 Å². The van der Waals surface area contributed by atoms with Crippen LogP contribution in [0.1, 0.15) is 29.0 Å². The second-order valence-electron chi connectivity index (χ2n) is 4.06. The van der Waals surface area contributed by atoms with E-state index in [4.69, 9.17) is 0 Å². The van der Waals surface area contributed by atoms with Crippen molar-refractivity contribution in [2.45, 2.75) is 13.0 Å². The largest absolute Gasteiger partial charge is 0.507 e. The van der Waals surface area contributed by atoms with E-state index in [9.17, 15) is 9.90 Å². The van der Waals surface area contributed by atoms with Gasteiger partial charge >= 0.3 is 0 Å². The molecule has 6 heteroatoms. The third-order valence-electron chi connectivity index (χ3n) is 2.77. The first-order valence-corrected chi connectivity index (χ1v) is 6.72. The molecule has 0 spiro atoms. The molecule has 1 aromatic carbocycles. The number of carbonyl (C=O) groups excluding carboxylic acids is 1. The van der Waals surface area contributed by atoms with Crippen LogP contribution in [0, 0.1) is 0 Å². The van der Waals surface area contributed by atoms with Gasteiger partial charge in [0.2, 0.25) is 0 Å². The summed E-state index contributed by atoms with van der Waals surface area (Å²) in [4.78, 5) is 16.3. The number of phenols is 1. The minimum absolute atomic E-state index is 0.0413. The summed E-state index contributed by atoms with van der Waals surface area (Å²) in [5.41, 5.74) is 1.11. The number of anilines is 1. The fourth-order valence-corrected chi connectivity index (χ4v) is 2.32. The minimum Gasteiger partial charge on any atom is -0.507 e. The van der Waals surface area contributed by atoms with Crippen molar-refractivity contribution in [2.75, 3.05) is 12.4 Å². The smallest absolute Gasteiger partial charge is 0.261 e. The van der Waals surface area contributed by atoms with Gasteiger partial charge in [-0.15, -0.1) is 11.3 Å². The molecule has 0 radical (unpaired) electrons. The van der Waals surface area contributed by atoms with Gasteiger partial charge in [-0.2, -0.15) is 0 Å². The van der Waals surface area contributed by atoms with E-state index in [1.165, 1.54) is 17.4 Å². The summed E-state index contributed by atoms with van der Waals surface area (Å²) >= 11 is 1.36. The van der Waals surface area contributed by atoms with E-state index in [1.807, 2.05) is 19.4 Å². The van der Waals surface area contributed by atoms with Gasteiger partial charge in [0.05, 0.1) is 11.3 Å². The molecule has 100 valence electrons. The topological polar surface area (TPSA) is 74.2 Å². The van der Waals surface area contributed by atoms with Gasteiger partial charge < -0.3 is 10.4 Å². The van der Waals surface area contributed by atoms with Crippen LogP contribution in [0.15, 0.2) is 29.6 Å². The second kappa shape index (κ2) is 5.81. The molecule has 0 bridgehead atoms. The zero-order valence-corrected chi connectivity index (χ0v) is 11.5. The number of rotatable bonds is 4. The third-order valence-corrected chi connectivity index (χ3v) is 3.54.